The molecule has 1 aliphatic heterocycles. The molecule has 0 fully saturated rings. The van der Waals surface area contributed by atoms with Crippen LogP contribution in [-0.4, -0.2) is 58.7 Å². The number of methoxy groups -OCH3 is 1. The summed E-state index contributed by atoms with van der Waals surface area (Å²) in [4.78, 5) is 46.4. The molecular formula is C49H68ClN5O4. The Balaban J connectivity index is 0.000000361. The minimum absolute atomic E-state index is 0.0178. The Hall–Kier alpha value is -4.63. The molecule has 59 heavy (non-hydrogen) atoms. The van der Waals surface area contributed by atoms with E-state index in [9.17, 15) is 14.4 Å². The van der Waals surface area contributed by atoms with Crippen molar-refractivity contribution < 1.29 is 19.1 Å². The highest BCUT2D eigenvalue weighted by molar-refractivity contribution is 6.36. The summed E-state index contributed by atoms with van der Waals surface area (Å²) in [7, 11) is 3.28. The van der Waals surface area contributed by atoms with Crippen LogP contribution in [0.1, 0.15) is 129 Å². The quantitative estimate of drug-likeness (QED) is 0.139. The molecule has 3 atom stereocenters. The first kappa shape index (κ1) is 47.1. The number of fused-ring (bicyclic) bond motifs is 1. The van der Waals surface area contributed by atoms with Gasteiger partial charge in [-0.05, 0) is 98.9 Å². The number of anilines is 1. The number of nitrogens with zero attached hydrogens (tertiary/aromatic N) is 3. The predicted molar refractivity (Wildman–Crippen MR) is 243 cm³/mol. The van der Waals surface area contributed by atoms with Crippen molar-refractivity contribution in [2.45, 2.75) is 132 Å². The van der Waals surface area contributed by atoms with Crippen LogP contribution in [0.4, 0.5) is 5.69 Å². The van der Waals surface area contributed by atoms with E-state index in [-0.39, 0.29) is 22.9 Å². The average Bonchev–Trinajstić information content (AvgIpc) is 3.62. The van der Waals surface area contributed by atoms with Gasteiger partial charge in [-0.2, -0.15) is 0 Å². The Morgan fingerprint density at radius 1 is 1.03 bits per heavy atom. The van der Waals surface area contributed by atoms with Gasteiger partial charge in [0.1, 0.15) is 11.4 Å². The molecule has 2 N–H and O–H groups in total. The van der Waals surface area contributed by atoms with Crippen LogP contribution < -0.4 is 15.4 Å². The predicted octanol–water partition coefficient (Wildman–Crippen LogP) is 11.4. The highest BCUT2D eigenvalue weighted by atomic mass is 35.5. The lowest BCUT2D eigenvalue weighted by atomic mass is 9.84. The lowest BCUT2D eigenvalue weighted by Crippen LogP contribution is -2.49. The number of aromatic nitrogens is 1. The standard InChI is InChI=1S/C33H35ClN4O3.C16H33NO/c1-7-16-38-18-26(33(40)37(5)21(38)4)31(39)35-27-13-9-10-23(20(27)3)24-11-8-12-25(30(24)34)28-17-22-15-14-19(2)29(22)32(36-28)41-6;1-7-13(5)11-12-16(9-3,10-4)17-15(18)14(6)8-2/h8-13,17-19H,4,7,14-16H2,1-3,5-6H3,(H,35,39);13-14H,7-12H2,1-6H3,(H,17,18). The van der Waals surface area contributed by atoms with E-state index in [1.54, 1.807) is 20.4 Å². The molecule has 10 heteroatoms. The third kappa shape index (κ3) is 10.8. The number of hydrogen-bond acceptors (Lipinski definition) is 6. The molecule has 3 amide bonds. The first-order valence-corrected chi connectivity index (χ1v) is 22.0. The van der Waals surface area contributed by atoms with Crippen molar-refractivity contribution in [3.63, 3.8) is 0 Å². The molecule has 0 spiro atoms. The fourth-order valence-electron chi connectivity index (χ4n) is 7.82. The second kappa shape index (κ2) is 21.1. The number of carbonyl (C=O) groups is 3. The monoisotopic (exact) mass is 825 g/mol. The van der Waals surface area contributed by atoms with Crippen molar-refractivity contribution in [2.75, 3.05) is 26.0 Å². The summed E-state index contributed by atoms with van der Waals surface area (Å²) in [6, 6.07) is 13.7. The van der Waals surface area contributed by atoms with Gasteiger partial charge in [-0.15, -0.1) is 0 Å². The molecule has 1 aromatic heterocycles. The Morgan fingerprint density at radius 2 is 1.69 bits per heavy atom. The third-order valence-corrected chi connectivity index (χ3v) is 13.1. The Morgan fingerprint density at radius 3 is 2.32 bits per heavy atom. The number of rotatable bonds is 16. The largest absolute Gasteiger partial charge is 0.481 e. The van der Waals surface area contributed by atoms with Crippen molar-refractivity contribution in [2.24, 2.45) is 11.8 Å². The summed E-state index contributed by atoms with van der Waals surface area (Å²) in [5.41, 5.74) is 7.23. The lowest BCUT2D eigenvalue weighted by molar-refractivity contribution is -0.129. The van der Waals surface area contributed by atoms with Crippen molar-refractivity contribution in [1.82, 2.24) is 20.1 Å². The van der Waals surface area contributed by atoms with Gasteiger partial charge in [0, 0.05) is 53.6 Å². The zero-order chi connectivity index (χ0) is 43.6. The van der Waals surface area contributed by atoms with Crippen LogP contribution in [0.2, 0.25) is 5.02 Å². The van der Waals surface area contributed by atoms with Crippen LogP contribution in [0.3, 0.4) is 0 Å². The summed E-state index contributed by atoms with van der Waals surface area (Å²) in [5, 5.41) is 6.84. The zero-order valence-electron chi connectivity index (χ0n) is 37.5. The SMILES string of the molecule is C=C1N(CCC)C=C(C(=O)Nc2cccc(-c3cccc(-c4cc5c(c(OC)n4)C(C)CC5)c3Cl)c2C)C(=O)N1C.CCC(C)CCC(CC)(CC)NC(=O)C(C)CC. The number of pyridine rings is 1. The van der Waals surface area contributed by atoms with E-state index in [0.717, 1.165) is 78.8 Å². The molecule has 2 aliphatic rings. The van der Waals surface area contributed by atoms with Gasteiger partial charge in [0.15, 0.2) is 0 Å². The molecule has 0 saturated heterocycles. The van der Waals surface area contributed by atoms with Crippen molar-refractivity contribution in [1.29, 1.82) is 0 Å². The van der Waals surface area contributed by atoms with Crippen LogP contribution in [-0.2, 0) is 20.8 Å². The number of likely N-dealkylation sites (N-methyl/N-ethyl adjacent to an activating group) is 1. The zero-order valence-corrected chi connectivity index (χ0v) is 38.2. The van der Waals surface area contributed by atoms with Gasteiger partial charge in [0.05, 0.1) is 17.8 Å². The van der Waals surface area contributed by atoms with Crippen molar-refractivity contribution in [3.05, 3.63) is 88.4 Å². The smallest absolute Gasteiger partial charge is 0.266 e. The maximum Gasteiger partial charge on any atom is 0.266 e. The van der Waals surface area contributed by atoms with Gasteiger partial charge in [-0.1, -0.05) is 110 Å². The van der Waals surface area contributed by atoms with E-state index >= 15 is 0 Å². The summed E-state index contributed by atoms with van der Waals surface area (Å²) in [6.07, 6.45) is 11.0. The first-order chi connectivity index (χ1) is 28.1. The van der Waals surface area contributed by atoms with Gasteiger partial charge < -0.3 is 20.3 Å². The molecule has 2 aromatic carbocycles. The van der Waals surface area contributed by atoms with Crippen LogP contribution in [0, 0.1) is 18.8 Å². The topological polar surface area (TPSA) is 104 Å². The maximum atomic E-state index is 13.3. The van der Waals surface area contributed by atoms with Crippen molar-refractivity contribution in [3.8, 4) is 28.3 Å². The fourth-order valence-corrected chi connectivity index (χ4v) is 8.15. The molecule has 0 bridgehead atoms. The minimum atomic E-state index is -0.473. The number of benzene rings is 2. The molecule has 320 valence electrons. The summed E-state index contributed by atoms with van der Waals surface area (Å²) in [5.74, 6) is 1.86. The molecule has 5 rings (SSSR count). The van der Waals surface area contributed by atoms with Gasteiger partial charge in [0.2, 0.25) is 11.8 Å². The Bertz CT molecular complexity index is 2020. The van der Waals surface area contributed by atoms with Crippen molar-refractivity contribution >= 4 is 35.0 Å². The highest BCUT2D eigenvalue weighted by Crippen LogP contribution is 2.43. The van der Waals surface area contributed by atoms with Crippen LogP contribution in [0.5, 0.6) is 5.88 Å². The normalized spacial score (nSPS) is 16.1. The second-order valence-electron chi connectivity index (χ2n) is 16.5. The average molecular weight is 827 g/mol. The van der Waals surface area contributed by atoms with Gasteiger partial charge in [0.25, 0.3) is 11.8 Å². The molecule has 0 saturated carbocycles. The van der Waals surface area contributed by atoms with Crippen LogP contribution in [0.15, 0.2) is 66.6 Å². The Kier molecular flexibility index (Phi) is 16.8. The summed E-state index contributed by atoms with van der Waals surface area (Å²) >= 11 is 7.06. The maximum absolute atomic E-state index is 13.3. The molecule has 3 unspecified atom stereocenters. The first-order valence-electron chi connectivity index (χ1n) is 21.7. The number of ether oxygens (including phenoxy) is 1. The van der Waals surface area contributed by atoms with E-state index in [4.69, 9.17) is 21.3 Å². The second-order valence-corrected chi connectivity index (χ2v) is 16.9. The van der Waals surface area contributed by atoms with Crippen LogP contribution in [0.25, 0.3) is 22.4 Å². The molecular weight excluding hydrogens is 758 g/mol. The number of aryl methyl sites for hydroxylation is 1. The van der Waals surface area contributed by atoms with E-state index in [1.807, 2.05) is 62.1 Å². The minimum Gasteiger partial charge on any atom is -0.481 e. The molecule has 2 heterocycles. The van der Waals surface area contributed by atoms with E-state index < -0.39 is 11.8 Å². The number of amides is 3. The molecule has 9 nitrogen and oxygen atoms in total. The number of nitrogens with one attached hydrogen (secondary N) is 2. The Labute approximate surface area is 359 Å². The summed E-state index contributed by atoms with van der Waals surface area (Å²) in [6.45, 7) is 23.8. The number of halogens is 1. The van der Waals surface area contributed by atoms with E-state index in [2.05, 4.69) is 64.8 Å². The van der Waals surface area contributed by atoms with Gasteiger partial charge in [-0.25, -0.2) is 4.98 Å². The van der Waals surface area contributed by atoms with E-state index in [0.29, 0.717) is 34.9 Å². The van der Waals surface area contributed by atoms with Crippen LogP contribution >= 0.6 is 11.6 Å². The van der Waals surface area contributed by atoms with Gasteiger partial charge >= 0.3 is 0 Å². The third-order valence-electron chi connectivity index (χ3n) is 12.7. The van der Waals surface area contributed by atoms with E-state index in [1.165, 1.54) is 28.9 Å². The fraction of sp³-hybridized carbons (Fsp3) is 0.510. The lowest BCUT2D eigenvalue weighted by Gasteiger charge is -2.35. The number of hydrogen-bond donors (Lipinski definition) is 2. The highest BCUT2D eigenvalue weighted by Gasteiger charge is 2.32. The molecule has 0 radical (unpaired) electrons. The summed E-state index contributed by atoms with van der Waals surface area (Å²) < 4.78 is 5.67. The number of carbonyl (C=O) groups excluding carboxylic acids is 3. The molecule has 1 aliphatic carbocycles. The molecule has 3 aromatic rings. The van der Waals surface area contributed by atoms with Gasteiger partial charge in [-0.3, -0.25) is 19.3 Å².